The highest BCUT2D eigenvalue weighted by Crippen LogP contribution is 2.31. The fraction of sp³-hybridized carbons (Fsp3) is 0.500. The molecular formula is C12H17NO2. The second kappa shape index (κ2) is 4.11. The number of benzene rings is 1. The number of nitrogens with one attached hydrogen (secondary N) is 1. The molecule has 0 saturated heterocycles. The maximum absolute atomic E-state index is 5.73. The van der Waals surface area contributed by atoms with Crippen LogP contribution in [0.3, 0.4) is 0 Å². The van der Waals surface area contributed by atoms with Gasteiger partial charge in [0.1, 0.15) is 18.1 Å². The molecule has 0 radical (unpaired) electrons. The monoisotopic (exact) mass is 207 g/mol. The van der Waals surface area contributed by atoms with E-state index in [4.69, 9.17) is 9.47 Å². The van der Waals surface area contributed by atoms with Crippen LogP contribution < -0.4 is 14.8 Å². The van der Waals surface area contributed by atoms with Crippen molar-refractivity contribution in [1.29, 1.82) is 0 Å². The van der Waals surface area contributed by atoms with Gasteiger partial charge in [0.2, 0.25) is 0 Å². The number of fused-ring (bicyclic) bond motifs is 1. The van der Waals surface area contributed by atoms with Crippen LogP contribution in [0.1, 0.15) is 25.5 Å². The Kier molecular flexibility index (Phi) is 2.82. The van der Waals surface area contributed by atoms with Gasteiger partial charge in [-0.15, -0.1) is 0 Å². The van der Waals surface area contributed by atoms with Crippen LogP contribution in [-0.4, -0.2) is 19.8 Å². The van der Waals surface area contributed by atoms with Crippen molar-refractivity contribution in [3.05, 3.63) is 23.8 Å². The smallest absolute Gasteiger partial charge is 0.127 e. The molecule has 0 amide bonds. The summed E-state index contributed by atoms with van der Waals surface area (Å²) in [6.45, 7) is 4.97. The van der Waals surface area contributed by atoms with Gasteiger partial charge in [0.15, 0.2) is 0 Å². The Bertz CT molecular complexity index is 351. The van der Waals surface area contributed by atoms with Crippen LogP contribution in [0, 0.1) is 0 Å². The molecule has 15 heavy (non-hydrogen) atoms. The zero-order valence-corrected chi connectivity index (χ0v) is 9.41. The Morgan fingerprint density at radius 3 is 2.93 bits per heavy atom. The third kappa shape index (κ3) is 2.07. The van der Waals surface area contributed by atoms with Gasteiger partial charge in [0.05, 0.1) is 7.11 Å². The topological polar surface area (TPSA) is 30.5 Å². The van der Waals surface area contributed by atoms with E-state index in [1.807, 2.05) is 12.1 Å². The summed E-state index contributed by atoms with van der Waals surface area (Å²) in [5, 5.41) is 3.47. The summed E-state index contributed by atoms with van der Waals surface area (Å²) in [5.74, 6) is 1.77. The number of methoxy groups -OCH3 is 1. The van der Waals surface area contributed by atoms with Crippen LogP contribution in [0.2, 0.25) is 0 Å². The van der Waals surface area contributed by atoms with Gasteiger partial charge in [0.25, 0.3) is 0 Å². The minimum Gasteiger partial charge on any atom is -0.497 e. The summed E-state index contributed by atoms with van der Waals surface area (Å²) in [7, 11) is 1.67. The average Bonchev–Trinajstić information content (AvgIpc) is 2.38. The number of hydrogen-bond acceptors (Lipinski definition) is 3. The summed E-state index contributed by atoms with van der Waals surface area (Å²) < 4.78 is 10.9. The average molecular weight is 207 g/mol. The van der Waals surface area contributed by atoms with E-state index in [1.54, 1.807) is 7.11 Å². The number of ether oxygens (including phenoxy) is 2. The minimum absolute atomic E-state index is 0.323. The van der Waals surface area contributed by atoms with Gasteiger partial charge in [0, 0.05) is 23.7 Å². The van der Waals surface area contributed by atoms with Gasteiger partial charge in [-0.25, -0.2) is 0 Å². The zero-order valence-electron chi connectivity index (χ0n) is 9.41. The largest absolute Gasteiger partial charge is 0.497 e. The van der Waals surface area contributed by atoms with Gasteiger partial charge in [-0.05, 0) is 19.9 Å². The van der Waals surface area contributed by atoms with Crippen LogP contribution in [0.4, 0.5) is 0 Å². The van der Waals surface area contributed by atoms with Crippen LogP contribution in [0.15, 0.2) is 18.2 Å². The standard InChI is InChI=1S/C12H17NO2/c1-8-7-15-12-6-10(14-3)4-5-11(12)9(2)13-8/h4-6,8-9,13H,7H2,1-3H3. The lowest BCUT2D eigenvalue weighted by Gasteiger charge is -2.14. The van der Waals surface area contributed by atoms with E-state index < -0.39 is 0 Å². The Morgan fingerprint density at radius 1 is 1.40 bits per heavy atom. The van der Waals surface area contributed by atoms with Crippen molar-refractivity contribution in [2.45, 2.75) is 25.9 Å². The third-order valence-electron chi connectivity index (χ3n) is 2.71. The number of hydrogen-bond donors (Lipinski definition) is 1. The van der Waals surface area contributed by atoms with E-state index >= 15 is 0 Å². The Labute approximate surface area is 90.4 Å². The number of rotatable bonds is 1. The summed E-state index contributed by atoms with van der Waals surface area (Å²) >= 11 is 0. The molecule has 3 nitrogen and oxygen atoms in total. The second-order valence-corrected chi connectivity index (χ2v) is 4.00. The highest BCUT2D eigenvalue weighted by Gasteiger charge is 2.19. The quantitative estimate of drug-likeness (QED) is 0.765. The molecule has 1 aromatic carbocycles. The summed E-state index contributed by atoms with van der Waals surface area (Å²) in [4.78, 5) is 0. The molecule has 1 heterocycles. The predicted molar refractivity (Wildman–Crippen MR) is 59.5 cm³/mol. The van der Waals surface area contributed by atoms with Crippen LogP contribution in [-0.2, 0) is 0 Å². The Morgan fingerprint density at radius 2 is 2.20 bits per heavy atom. The zero-order chi connectivity index (χ0) is 10.8. The molecule has 0 bridgehead atoms. The molecule has 82 valence electrons. The van der Waals surface area contributed by atoms with Gasteiger partial charge in [-0.1, -0.05) is 6.07 Å². The van der Waals surface area contributed by atoms with E-state index in [0.717, 1.165) is 11.5 Å². The fourth-order valence-corrected chi connectivity index (χ4v) is 1.90. The van der Waals surface area contributed by atoms with Crippen molar-refractivity contribution < 1.29 is 9.47 Å². The molecular weight excluding hydrogens is 190 g/mol. The molecule has 1 aliphatic rings. The fourth-order valence-electron chi connectivity index (χ4n) is 1.90. The van der Waals surface area contributed by atoms with Crippen LogP contribution in [0.5, 0.6) is 11.5 Å². The maximum atomic E-state index is 5.73. The highest BCUT2D eigenvalue weighted by atomic mass is 16.5. The summed E-state index contributed by atoms with van der Waals surface area (Å²) in [5.41, 5.74) is 1.19. The molecule has 2 rings (SSSR count). The molecule has 2 unspecified atom stereocenters. The molecule has 0 fully saturated rings. The first kappa shape index (κ1) is 10.3. The van der Waals surface area contributed by atoms with Crippen molar-refractivity contribution >= 4 is 0 Å². The van der Waals surface area contributed by atoms with Gasteiger partial charge >= 0.3 is 0 Å². The van der Waals surface area contributed by atoms with Crippen molar-refractivity contribution in [3.63, 3.8) is 0 Å². The summed E-state index contributed by atoms with van der Waals surface area (Å²) in [6, 6.07) is 6.67. The normalized spacial score (nSPS) is 25.0. The first-order valence-electron chi connectivity index (χ1n) is 5.27. The molecule has 0 spiro atoms. The van der Waals surface area contributed by atoms with Gasteiger partial charge in [-0.3, -0.25) is 0 Å². The Hall–Kier alpha value is -1.22. The van der Waals surface area contributed by atoms with E-state index in [9.17, 15) is 0 Å². The lowest BCUT2D eigenvalue weighted by atomic mass is 10.1. The summed E-state index contributed by atoms with van der Waals surface area (Å²) in [6.07, 6.45) is 0. The molecule has 1 aliphatic heterocycles. The van der Waals surface area contributed by atoms with E-state index in [2.05, 4.69) is 25.2 Å². The van der Waals surface area contributed by atoms with Gasteiger partial charge in [-0.2, -0.15) is 0 Å². The predicted octanol–water partition coefficient (Wildman–Crippen LogP) is 2.13. The van der Waals surface area contributed by atoms with E-state index in [0.29, 0.717) is 18.7 Å². The van der Waals surface area contributed by atoms with E-state index in [-0.39, 0.29) is 0 Å². The van der Waals surface area contributed by atoms with Crippen molar-refractivity contribution in [1.82, 2.24) is 5.32 Å². The van der Waals surface area contributed by atoms with Crippen molar-refractivity contribution in [2.75, 3.05) is 13.7 Å². The van der Waals surface area contributed by atoms with Crippen LogP contribution >= 0.6 is 0 Å². The second-order valence-electron chi connectivity index (χ2n) is 4.00. The lowest BCUT2D eigenvalue weighted by molar-refractivity contribution is 0.282. The third-order valence-corrected chi connectivity index (χ3v) is 2.71. The first-order chi connectivity index (χ1) is 7.20. The Balaban J connectivity index is 2.35. The molecule has 0 aliphatic carbocycles. The van der Waals surface area contributed by atoms with Crippen molar-refractivity contribution in [3.8, 4) is 11.5 Å². The molecule has 0 saturated carbocycles. The van der Waals surface area contributed by atoms with Gasteiger partial charge < -0.3 is 14.8 Å². The molecule has 3 heteroatoms. The maximum Gasteiger partial charge on any atom is 0.127 e. The molecule has 2 atom stereocenters. The molecule has 0 aromatic heterocycles. The van der Waals surface area contributed by atoms with Crippen LogP contribution in [0.25, 0.3) is 0 Å². The molecule has 1 aromatic rings. The molecule has 1 N–H and O–H groups in total. The highest BCUT2D eigenvalue weighted by molar-refractivity contribution is 5.42. The first-order valence-corrected chi connectivity index (χ1v) is 5.27. The van der Waals surface area contributed by atoms with Crippen molar-refractivity contribution in [2.24, 2.45) is 0 Å². The minimum atomic E-state index is 0.323. The SMILES string of the molecule is COc1ccc2c(c1)OCC(C)NC2C. The van der Waals surface area contributed by atoms with E-state index in [1.165, 1.54) is 5.56 Å². The lowest BCUT2D eigenvalue weighted by Crippen LogP contribution is -2.30.